The number of hydrogen-bond acceptors (Lipinski definition) is 3. The topological polar surface area (TPSA) is 47.0 Å². The molecule has 0 saturated carbocycles. The first kappa shape index (κ1) is 10.6. The van der Waals surface area contributed by atoms with Crippen molar-refractivity contribution in [3.63, 3.8) is 0 Å². The SMILES string of the molecule is CS(=O)(=O)c1cccc2ncc(Br)cc12. The van der Waals surface area contributed by atoms with Gasteiger partial charge in [-0.05, 0) is 34.1 Å². The Kier molecular flexibility index (Phi) is 2.52. The van der Waals surface area contributed by atoms with Gasteiger partial charge in [0, 0.05) is 22.3 Å². The van der Waals surface area contributed by atoms with Crippen LogP contribution in [-0.4, -0.2) is 19.7 Å². The summed E-state index contributed by atoms with van der Waals surface area (Å²) in [5.41, 5.74) is 0.682. The van der Waals surface area contributed by atoms with Crippen LogP contribution >= 0.6 is 15.9 Å². The van der Waals surface area contributed by atoms with E-state index in [-0.39, 0.29) is 0 Å². The van der Waals surface area contributed by atoms with Crippen molar-refractivity contribution in [2.75, 3.05) is 6.26 Å². The van der Waals surface area contributed by atoms with Crippen molar-refractivity contribution in [2.24, 2.45) is 0 Å². The molecule has 3 nitrogen and oxygen atoms in total. The highest BCUT2D eigenvalue weighted by molar-refractivity contribution is 9.10. The first-order valence-electron chi connectivity index (χ1n) is 4.23. The van der Waals surface area contributed by atoms with E-state index in [1.54, 1.807) is 30.5 Å². The summed E-state index contributed by atoms with van der Waals surface area (Å²) in [7, 11) is -3.21. The zero-order valence-corrected chi connectivity index (χ0v) is 10.3. The number of sulfone groups is 1. The molecule has 0 bridgehead atoms. The molecule has 78 valence electrons. The van der Waals surface area contributed by atoms with Gasteiger partial charge in [0.15, 0.2) is 9.84 Å². The van der Waals surface area contributed by atoms with Crippen molar-refractivity contribution >= 4 is 36.7 Å². The maximum Gasteiger partial charge on any atom is 0.176 e. The molecule has 1 heterocycles. The number of hydrogen-bond donors (Lipinski definition) is 0. The average Bonchev–Trinajstić information content (AvgIpc) is 2.15. The van der Waals surface area contributed by atoms with E-state index in [4.69, 9.17) is 0 Å². The van der Waals surface area contributed by atoms with Gasteiger partial charge in [-0.3, -0.25) is 4.98 Å². The molecule has 0 atom stereocenters. The molecule has 0 saturated heterocycles. The van der Waals surface area contributed by atoms with Crippen molar-refractivity contribution < 1.29 is 8.42 Å². The third-order valence-corrected chi connectivity index (χ3v) is 3.64. The summed E-state index contributed by atoms with van der Waals surface area (Å²) in [6.45, 7) is 0. The largest absolute Gasteiger partial charge is 0.255 e. The molecule has 1 aromatic heterocycles. The monoisotopic (exact) mass is 285 g/mol. The van der Waals surface area contributed by atoms with Crippen LogP contribution in [0, 0.1) is 0 Å². The van der Waals surface area contributed by atoms with Crippen LogP contribution in [0.3, 0.4) is 0 Å². The summed E-state index contributed by atoms with van der Waals surface area (Å²) in [6.07, 6.45) is 2.84. The molecule has 2 rings (SSSR count). The Bertz CT molecular complexity index is 622. The molecule has 2 aromatic rings. The first-order chi connectivity index (χ1) is 6.98. The predicted octanol–water partition coefficient (Wildman–Crippen LogP) is 2.40. The molecule has 0 aliphatic carbocycles. The lowest BCUT2D eigenvalue weighted by atomic mass is 10.2. The van der Waals surface area contributed by atoms with Gasteiger partial charge in [-0.25, -0.2) is 8.42 Å². The number of nitrogens with zero attached hydrogens (tertiary/aromatic N) is 1. The van der Waals surface area contributed by atoms with Gasteiger partial charge in [0.05, 0.1) is 10.4 Å². The fourth-order valence-electron chi connectivity index (χ4n) is 1.42. The number of aromatic nitrogens is 1. The summed E-state index contributed by atoms with van der Waals surface area (Å²) in [5, 5.41) is 0.648. The highest BCUT2D eigenvalue weighted by Crippen LogP contribution is 2.24. The third-order valence-electron chi connectivity index (χ3n) is 2.05. The molecule has 0 fully saturated rings. The second-order valence-corrected chi connectivity index (χ2v) is 6.15. The number of halogens is 1. The molecule has 0 radical (unpaired) electrons. The minimum absolute atomic E-state index is 0.314. The quantitative estimate of drug-likeness (QED) is 0.808. The minimum atomic E-state index is -3.21. The molecular weight excluding hydrogens is 278 g/mol. The van der Waals surface area contributed by atoms with Crippen LogP contribution in [-0.2, 0) is 9.84 Å². The van der Waals surface area contributed by atoms with Gasteiger partial charge < -0.3 is 0 Å². The van der Waals surface area contributed by atoms with Gasteiger partial charge in [0.2, 0.25) is 0 Å². The standard InChI is InChI=1S/C10H8BrNO2S/c1-15(13,14)10-4-2-3-9-8(10)5-7(11)6-12-9/h2-6H,1H3. The summed E-state index contributed by atoms with van der Waals surface area (Å²) in [4.78, 5) is 4.46. The first-order valence-corrected chi connectivity index (χ1v) is 6.91. The van der Waals surface area contributed by atoms with Crippen LogP contribution in [0.1, 0.15) is 0 Å². The van der Waals surface area contributed by atoms with Crippen LogP contribution in [0.15, 0.2) is 39.8 Å². The Hall–Kier alpha value is -0.940. The van der Waals surface area contributed by atoms with Gasteiger partial charge in [0.25, 0.3) is 0 Å². The van der Waals surface area contributed by atoms with E-state index in [0.717, 1.165) is 4.47 Å². The van der Waals surface area contributed by atoms with Gasteiger partial charge >= 0.3 is 0 Å². The maximum atomic E-state index is 11.5. The highest BCUT2D eigenvalue weighted by Gasteiger charge is 2.11. The lowest BCUT2D eigenvalue weighted by Crippen LogP contribution is -1.98. The van der Waals surface area contributed by atoms with Crippen molar-refractivity contribution in [3.05, 3.63) is 34.9 Å². The average molecular weight is 286 g/mol. The normalized spacial score (nSPS) is 11.9. The maximum absolute atomic E-state index is 11.5. The van der Waals surface area contributed by atoms with Gasteiger partial charge in [-0.1, -0.05) is 6.07 Å². The lowest BCUT2D eigenvalue weighted by Gasteiger charge is -2.03. The molecule has 0 aliphatic rings. The molecule has 0 N–H and O–H groups in total. The van der Waals surface area contributed by atoms with Crippen molar-refractivity contribution in [3.8, 4) is 0 Å². The Balaban J connectivity index is 2.92. The summed E-state index contributed by atoms with van der Waals surface area (Å²) < 4.78 is 23.8. The zero-order valence-electron chi connectivity index (χ0n) is 7.94. The molecular formula is C10H8BrNO2S. The smallest absolute Gasteiger partial charge is 0.176 e. The molecule has 0 aliphatic heterocycles. The number of benzene rings is 1. The molecule has 0 spiro atoms. The number of rotatable bonds is 1. The lowest BCUT2D eigenvalue weighted by molar-refractivity contribution is 0.602. The molecule has 1 aromatic carbocycles. The van der Waals surface area contributed by atoms with Crippen LogP contribution in [0.25, 0.3) is 10.9 Å². The third kappa shape index (κ3) is 2.03. The molecule has 0 amide bonds. The summed E-state index contributed by atoms with van der Waals surface area (Å²) in [6, 6.07) is 6.83. The fourth-order valence-corrected chi connectivity index (χ4v) is 2.64. The predicted molar refractivity (Wildman–Crippen MR) is 62.6 cm³/mol. The summed E-state index contributed by atoms with van der Waals surface area (Å²) in [5.74, 6) is 0. The Morgan fingerprint density at radius 1 is 1.33 bits per heavy atom. The van der Waals surface area contributed by atoms with Gasteiger partial charge in [-0.2, -0.15) is 0 Å². The van der Waals surface area contributed by atoms with Crippen LogP contribution in [0.4, 0.5) is 0 Å². The second-order valence-electron chi connectivity index (χ2n) is 3.25. The summed E-state index contributed by atoms with van der Waals surface area (Å²) >= 11 is 3.28. The van der Waals surface area contributed by atoms with Crippen LogP contribution < -0.4 is 0 Å². The second kappa shape index (κ2) is 3.57. The zero-order chi connectivity index (χ0) is 11.1. The fraction of sp³-hybridized carbons (Fsp3) is 0.100. The van der Waals surface area contributed by atoms with Crippen LogP contribution in [0.5, 0.6) is 0 Å². The van der Waals surface area contributed by atoms with E-state index in [9.17, 15) is 8.42 Å². The van der Waals surface area contributed by atoms with E-state index in [1.165, 1.54) is 6.26 Å². The van der Waals surface area contributed by atoms with E-state index in [1.807, 2.05) is 0 Å². The Labute approximate surface area is 96.2 Å². The Morgan fingerprint density at radius 2 is 2.07 bits per heavy atom. The van der Waals surface area contributed by atoms with E-state index >= 15 is 0 Å². The Morgan fingerprint density at radius 3 is 2.73 bits per heavy atom. The molecule has 15 heavy (non-hydrogen) atoms. The molecule has 0 unspecified atom stereocenters. The number of fused-ring (bicyclic) bond motifs is 1. The van der Waals surface area contributed by atoms with E-state index < -0.39 is 9.84 Å². The highest BCUT2D eigenvalue weighted by atomic mass is 79.9. The van der Waals surface area contributed by atoms with Crippen molar-refractivity contribution in [2.45, 2.75) is 4.90 Å². The molecule has 5 heteroatoms. The number of pyridine rings is 1. The van der Waals surface area contributed by atoms with E-state index in [0.29, 0.717) is 15.8 Å². The van der Waals surface area contributed by atoms with Crippen molar-refractivity contribution in [1.29, 1.82) is 0 Å². The van der Waals surface area contributed by atoms with Crippen LogP contribution in [0.2, 0.25) is 0 Å². The van der Waals surface area contributed by atoms with Gasteiger partial charge in [0.1, 0.15) is 0 Å². The van der Waals surface area contributed by atoms with E-state index in [2.05, 4.69) is 20.9 Å². The van der Waals surface area contributed by atoms with Crippen molar-refractivity contribution in [1.82, 2.24) is 4.98 Å². The van der Waals surface area contributed by atoms with Gasteiger partial charge in [-0.15, -0.1) is 0 Å². The minimum Gasteiger partial charge on any atom is -0.255 e.